The summed E-state index contributed by atoms with van der Waals surface area (Å²) < 4.78 is 0. The molecule has 2 heterocycles. The highest BCUT2D eigenvalue weighted by atomic mass is 16.2. The van der Waals surface area contributed by atoms with Gasteiger partial charge >= 0.3 is 5.91 Å². The number of anilines is 1. The maximum Gasteiger partial charge on any atom is 0.300 e. The third-order valence-corrected chi connectivity index (χ3v) is 3.78. The Morgan fingerprint density at radius 2 is 1.75 bits per heavy atom. The zero-order chi connectivity index (χ0) is 14.1. The summed E-state index contributed by atoms with van der Waals surface area (Å²) in [6.45, 7) is 3.12. The molecule has 6 heteroatoms. The number of carbonyl (C=O) groups excluding carboxylic acids is 3. The summed E-state index contributed by atoms with van der Waals surface area (Å²) in [6, 6.07) is 7.05. The molecule has 0 aliphatic carbocycles. The summed E-state index contributed by atoms with van der Waals surface area (Å²) in [5, 5.41) is 0. The van der Waals surface area contributed by atoms with Gasteiger partial charge in [-0.05, 0) is 12.1 Å². The number of ketones is 1. The van der Waals surface area contributed by atoms with Crippen LogP contribution in [-0.4, -0.2) is 60.7 Å². The van der Waals surface area contributed by atoms with E-state index in [0.29, 0.717) is 44.1 Å². The minimum atomic E-state index is -0.469. The zero-order valence-electron chi connectivity index (χ0n) is 11.0. The first-order valence-electron chi connectivity index (χ1n) is 6.57. The lowest BCUT2D eigenvalue weighted by molar-refractivity contribution is -0.120. The van der Waals surface area contributed by atoms with Crippen LogP contribution in [0.25, 0.3) is 0 Å². The van der Waals surface area contributed by atoms with Gasteiger partial charge in [-0.1, -0.05) is 12.1 Å². The molecule has 2 aliphatic heterocycles. The quantitative estimate of drug-likeness (QED) is 0.572. The number of hydrogen-bond donors (Lipinski definition) is 0. The van der Waals surface area contributed by atoms with Crippen LogP contribution in [0.2, 0.25) is 0 Å². The average Bonchev–Trinajstić information content (AvgIpc) is 2.74. The maximum absolute atomic E-state index is 12.0. The minimum Gasteiger partial charge on any atom is -0.343 e. The van der Waals surface area contributed by atoms with Gasteiger partial charge in [-0.25, -0.2) is 0 Å². The molecule has 0 bridgehead atoms. The van der Waals surface area contributed by atoms with Crippen LogP contribution in [-0.2, 0) is 9.59 Å². The second kappa shape index (κ2) is 5.05. The van der Waals surface area contributed by atoms with Crippen molar-refractivity contribution in [2.45, 2.75) is 0 Å². The minimum absolute atomic E-state index is 0.397. The van der Waals surface area contributed by atoms with E-state index in [1.807, 2.05) is 6.07 Å². The molecule has 0 aromatic heterocycles. The van der Waals surface area contributed by atoms with E-state index in [1.54, 1.807) is 23.1 Å². The van der Waals surface area contributed by atoms with Gasteiger partial charge in [0.25, 0.3) is 5.78 Å². The van der Waals surface area contributed by atoms with E-state index in [9.17, 15) is 14.4 Å². The molecular weight excluding hydrogens is 258 g/mol. The Bertz CT molecular complexity index is 565. The molecule has 0 N–H and O–H groups in total. The number of benzene rings is 1. The average molecular weight is 273 g/mol. The van der Waals surface area contributed by atoms with Gasteiger partial charge in [-0.2, -0.15) is 0 Å². The van der Waals surface area contributed by atoms with Crippen molar-refractivity contribution in [1.82, 2.24) is 9.80 Å². The first-order valence-corrected chi connectivity index (χ1v) is 6.57. The van der Waals surface area contributed by atoms with Gasteiger partial charge in [0.1, 0.15) is 0 Å². The summed E-state index contributed by atoms with van der Waals surface area (Å²) >= 11 is 0. The van der Waals surface area contributed by atoms with E-state index in [1.165, 1.54) is 4.90 Å². The van der Waals surface area contributed by atoms with Crippen LogP contribution >= 0.6 is 0 Å². The summed E-state index contributed by atoms with van der Waals surface area (Å²) in [5.41, 5.74) is 1.16. The standard InChI is InChI=1S/C14H15N3O3/c18-10-16-7-5-15(6-8-16)9-17-12-4-2-1-3-11(12)13(19)14(17)20/h1-4,10H,5-9H2. The lowest BCUT2D eigenvalue weighted by Crippen LogP contribution is -2.50. The molecule has 0 saturated carbocycles. The monoisotopic (exact) mass is 273 g/mol. The molecule has 0 unspecified atom stereocenters. The molecular formula is C14H15N3O3. The Morgan fingerprint density at radius 3 is 2.45 bits per heavy atom. The van der Waals surface area contributed by atoms with Gasteiger partial charge in [-0.15, -0.1) is 0 Å². The second-order valence-electron chi connectivity index (χ2n) is 4.98. The largest absolute Gasteiger partial charge is 0.343 e. The first-order chi connectivity index (χ1) is 9.70. The van der Waals surface area contributed by atoms with Crippen molar-refractivity contribution in [3.05, 3.63) is 29.8 Å². The van der Waals surface area contributed by atoms with Crippen molar-refractivity contribution in [2.75, 3.05) is 37.7 Å². The van der Waals surface area contributed by atoms with E-state index in [4.69, 9.17) is 0 Å². The van der Waals surface area contributed by atoms with Gasteiger partial charge in [0.15, 0.2) is 0 Å². The van der Waals surface area contributed by atoms with Crippen molar-refractivity contribution in [2.24, 2.45) is 0 Å². The Labute approximate surface area is 116 Å². The summed E-state index contributed by atoms with van der Waals surface area (Å²) in [5.74, 6) is -0.906. The summed E-state index contributed by atoms with van der Waals surface area (Å²) in [7, 11) is 0. The van der Waals surface area contributed by atoms with Gasteiger partial charge in [-0.3, -0.25) is 24.2 Å². The van der Waals surface area contributed by atoms with Gasteiger partial charge < -0.3 is 4.90 Å². The third kappa shape index (κ3) is 2.08. The van der Waals surface area contributed by atoms with Crippen LogP contribution in [0.5, 0.6) is 0 Å². The van der Waals surface area contributed by atoms with Crippen molar-refractivity contribution in [3.8, 4) is 0 Å². The van der Waals surface area contributed by atoms with Gasteiger partial charge in [0.2, 0.25) is 6.41 Å². The molecule has 0 spiro atoms. The lowest BCUT2D eigenvalue weighted by Gasteiger charge is -2.34. The molecule has 104 valence electrons. The molecule has 2 amide bonds. The van der Waals surface area contributed by atoms with E-state index in [-0.39, 0.29) is 0 Å². The van der Waals surface area contributed by atoms with Crippen LogP contribution in [0, 0.1) is 0 Å². The number of fused-ring (bicyclic) bond motifs is 1. The zero-order valence-corrected chi connectivity index (χ0v) is 11.0. The van der Waals surface area contributed by atoms with E-state index in [0.717, 1.165) is 6.41 Å². The lowest BCUT2D eigenvalue weighted by atomic mass is 10.1. The number of para-hydroxylation sites is 1. The molecule has 6 nitrogen and oxygen atoms in total. The van der Waals surface area contributed by atoms with E-state index in [2.05, 4.69) is 4.90 Å². The Kier molecular flexibility index (Phi) is 3.23. The number of hydrogen-bond acceptors (Lipinski definition) is 4. The highest BCUT2D eigenvalue weighted by Crippen LogP contribution is 2.28. The Hall–Kier alpha value is -2.21. The number of piperazine rings is 1. The fourth-order valence-corrected chi connectivity index (χ4v) is 2.60. The highest BCUT2D eigenvalue weighted by molar-refractivity contribution is 6.52. The Balaban J connectivity index is 1.74. The normalized spacial score (nSPS) is 19.4. The molecule has 1 aromatic rings. The third-order valence-electron chi connectivity index (χ3n) is 3.78. The maximum atomic E-state index is 12.0. The predicted molar refractivity (Wildman–Crippen MR) is 72.3 cm³/mol. The van der Waals surface area contributed by atoms with Crippen molar-refractivity contribution in [1.29, 1.82) is 0 Å². The molecule has 0 atom stereocenters. The molecule has 2 aliphatic rings. The SMILES string of the molecule is O=CN1CCN(CN2C(=O)C(=O)c3ccccc32)CC1. The van der Waals surface area contributed by atoms with Gasteiger partial charge in [0, 0.05) is 26.2 Å². The van der Waals surface area contributed by atoms with E-state index >= 15 is 0 Å². The number of nitrogens with zero attached hydrogens (tertiary/aromatic N) is 3. The number of amides is 2. The molecule has 0 radical (unpaired) electrons. The smallest absolute Gasteiger partial charge is 0.300 e. The highest BCUT2D eigenvalue weighted by Gasteiger charge is 2.36. The summed E-state index contributed by atoms with van der Waals surface area (Å²) in [4.78, 5) is 39.9. The molecule has 20 heavy (non-hydrogen) atoms. The molecule has 1 aromatic carbocycles. The Morgan fingerprint density at radius 1 is 1.05 bits per heavy atom. The van der Waals surface area contributed by atoms with Crippen LogP contribution in [0.4, 0.5) is 5.69 Å². The topological polar surface area (TPSA) is 60.9 Å². The van der Waals surface area contributed by atoms with Crippen LogP contribution in [0.15, 0.2) is 24.3 Å². The van der Waals surface area contributed by atoms with Crippen molar-refractivity contribution in [3.63, 3.8) is 0 Å². The van der Waals surface area contributed by atoms with Crippen LogP contribution in [0.3, 0.4) is 0 Å². The van der Waals surface area contributed by atoms with Crippen molar-refractivity contribution < 1.29 is 14.4 Å². The molecule has 3 rings (SSSR count). The second-order valence-corrected chi connectivity index (χ2v) is 4.98. The number of rotatable bonds is 3. The predicted octanol–water partition coefficient (Wildman–Crippen LogP) is -0.0526. The fourth-order valence-electron chi connectivity index (χ4n) is 2.60. The molecule has 1 fully saturated rings. The van der Waals surface area contributed by atoms with Crippen molar-refractivity contribution >= 4 is 23.8 Å². The summed E-state index contributed by atoms with van der Waals surface area (Å²) in [6.07, 6.45) is 0.844. The first kappa shape index (κ1) is 12.8. The number of carbonyl (C=O) groups is 3. The number of Topliss-reactive ketones (excluding diaryl/α,β-unsaturated/α-hetero) is 1. The van der Waals surface area contributed by atoms with Gasteiger partial charge in [0.05, 0.1) is 17.9 Å². The van der Waals surface area contributed by atoms with Crippen LogP contribution < -0.4 is 4.90 Å². The van der Waals surface area contributed by atoms with Crippen LogP contribution in [0.1, 0.15) is 10.4 Å². The molecule has 1 saturated heterocycles. The fraction of sp³-hybridized carbons (Fsp3) is 0.357. The van der Waals surface area contributed by atoms with E-state index < -0.39 is 11.7 Å².